The molecule has 0 saturated heterocycles. The fourth-order valence-electron chi connectivity index (χ4n) is 0.0333. The fourth-order valence-corrected chi connectivity index (χ4v) is 0.0333. The van der Waals surface area contributed by atoms with Crippen LogP contribution in [0.1, 0.15) is 0 Å². The van der Waals surface area contributed by atoms with Gasteiger partial charge < -0.3 is 18.5 Å². The Labute approximate surface area is 69.6 Å². The van der Waals surface area contributed by atoms with Gasteiger partial charge in [-0.3, -0.25) is 0 Å². The molecule has 0 aliphatic heterocycles. The fraction of sp³-hybridized carbons (Fsp3) is 0. The summed E-state index contributed by atoms with van der Waals surface area (Å²) in [5, 5.41) is 10.4. The van der Waals surface area contributed by atoms with Crippen LogP contribution in [0.3, 0.4) is 0 Å². The molecule has 0 aromatic carbocycles. The van der Waals surface area contributed by atoms with Crippen LogP contribution in [0.4, 0.5) is 0 Å². The molecule has 0 heterocycles. The Bertz CT molecular complexity index is 66.0. The van der Waals surface area contributed by atoms with Gasteiger partial charge in [0.1, 0.15) is 0 Å². The molecule has 3 radical (unpaired) electrons. The first-order chi connectivity index (χ1) is 2.81. The third-order valence-corrected chi connectivity index (χ3v) is 0.321. The SMILES string of the molecule is [B][CH-]C([CH2-])=NO.[Y]. The van der Waals surface area contributed by atoms with Crippen molar-refractivity contribution in [1.29, 1.82) is 0 Å². The molecule has 0 spiro atoms. The van der Waals surface area contributed by atoms with Crippen molar-refractivity contribution in [2.75, 3.05) is 0 Å². The van der Waals surface area contributed by atoms with E-state index in [4.69, 9.17) is 13.1 Å². The van der Waals surface area contributed by atoms with Gasteiger partial charge in [0.05, 0.1) is 0 Å². The first kappa shape index (κ1) is 10.4. The van der Waals surface area contributed by atoms with Gasteiger partial charge in [0.25, 0.3) is 0 Å². The number of rotatable bonds is 1. The quantitative estimate of drug-likeness (QED) is 0.193. The average Bonchev–Trinajstić information content (AvgIpc) is 1.65. The van der Waals surface area contributed by atoms with Crippen LogP contribution in [0.25, 0.3) is 0 Å². The summed E-state index contributed by atoms with van der Waals surface area (Å²) in [6, 6.07) is 0. The Morgan fingerprint density at radius 2 is 2.29 bits per heavy atom. The zero-order valence-corrected chi connectivity index (χ0v) is 6.67. The third-order valence-electron chi connectivity index (χ3n) is 0.321. The molecule has 1 N–H and O–H groups in total. The molecule has 7 heavy (non-hydrogen) atoms. The zero-order valence-electron chi connectivity index (χ0n) is 3.83. The number of hydrogen-bond donors (Lipinski definition) is 1. The maximum Gasteiger partial charge on any atom is 0 e. The van der Waals surface area contributed by atoms with Gasteiger partial charge in [-0.2, -0.15) is 13.0 Å². The van der Waals surface area contributed by atoms with Crippen molar-refractivity contribution in [3.8, 4) is 0 Å². The van der Waals surface area contributed by atoms with Gasteiger partial charge in [-0.05, 0) is 0 Å². The van der Waals surface area contributed by atoms with Crippen molar-refractivity contribution in [3.63, 3.8) is 0 Å². The zero-order chi connectivity index (χ0) is 4.99. The van der Waals surface area contributed by atoms with Crippen molar-refractivity contribution in [3.05, 3.63) is 13.2 Å². The van der Waals surface area contributed by atoms with Crippen molar-refractivity contribution in [2.24, 2.45) is 5.16 Å². The summed E-state index contributed by atoms with van der Waals surface area (Å²) in [6.45, 7) is 3.19. The van der Waals surface area contributed by atoms with E-state index < -0.39 is 0 Å². The van der Waals surface area contributed by atoms with Crippen molar-refractivity contribution < 1.29 is 37.9 Å². The van der Waals surface area contributed by atoms with Crippen LogP contribution < -0.4 is 0 Å². The van der Waals surface area contributed by atoms with E-state index in [0.29, 0.717) is 0 Å². The van der Waals surface area contributed by atoms with Crippen molar-refractivity contribution in [1.82, 2.24) is 0 Å². The molecule has 35 valence electrons. The first-order valence-electron chi connectivity index (χ1n) is 1.40. The van der Waals surface area contributed by atoms with E-state index in [1.165, 1.54) is 0 Å². The molecular weight excluding hydrogens is 166 g/mol. The molecular formula is C3H4BNOY-2. The van der Waals surface area contributed by atoms with Crippen LogP contribution in [0, 0.1) is 13.2 Å². The van der Waals surface area contributed by atoms with Crippen molar-refractivity contribution >= 4 is 13.6 Å². The van der Waals surface area contributed by atoms with E-state index >= 15 is 0 Å². The van der Waals surface area contributed by atoms with Gasteiger partial charge in [-0.25, -0.2) is 5.71 Å². The van der Waals surface area contributed by atoms with E-state index in [9.17, 15) is 0 Å². The smallest absolute Gasteiger partial charge is 0 e. The minimum absolute atomic E-state index is 0. The molecule has 0 rings (SSSR count). The molecule has 0 bridgehead atoms. The molecule has 0 unspecified atom stereocenters. The second-order valence-corrected chi connectivity index (χ2v) is 0.758. The van der Waals surface area contributed by atoms with Crippen molar-refractivity contribution in [2.45, 2.75) is 0 Å². The number of oxime groups is 1. The van der Waals surface area contributed by atoms with Gasteiger partial charge >= 0.3 is 0 Å². The van der Waals surface area contributed by atoms with E-state index in [1.54, 1.807) is 0 Å². The normalized spacial score (nSPS) is 9.43. The first-order valence-corrected chi connectivity index (χ1v) is 1.40. The van der Waals surface area contributed by atoms with E-state index in [0.717, 1.165) is 6.32 Å². The summed E-state index contributed by atoms with van der Waals surface area (Å²) >= 11 is 0. The summed E-state index contributed by atoms with van der Waals surface area (Å²) in [5.41, 5.74) is 0.176. The van der Waals surface area contributed by atoms with E-state index in [2.05, 4.69) is 12.1 Å². The van der Waals surface area contributed by atoms with Gasteiger partial charge in [0.2, 0.25) is 0 Å². The molecule has 0 aliphatic carbocycles. The Kier molecular flexibility index (Phi) is 9.46. The summed E-state index contributed by atoms with van der Waals surface area (Å²) < 4.78 is 0. The average molecular weight is 170 g/mol. The molecule has 0 aromatic rings. The van der Waals surface area contributed by atoms with Crippen LogP contribution in [-0.2, 0) is 32.7 Å². The molecule has 0 fully saturated rings. The largest absolute Gasteiger partial charge is 0.415 e. The summed E-state index contributed by atoms with van der Waals surface area (Å²) in [4.78, 5) is 0. The maximum atomic E-state index is 7.75. The molecule has 0 atom stereocenters. The number of hydrogen-bond acceptors (Lipinski definition) is 2. The summed E-state index contributed by atoms with van der Waals surface area (Å²) in [7, 11) is 4.80. The van der Waals surface area contributed by atoms with Gasteiger partial charge in [-0.15, -0.1) is 0 Å². The second kappa shape index (κ2) is 6.38. The maximum absolute atomic E-state index is 7.75. The molecule has 4 heteroatoms. The summed E-state index contributed by atoms with van der Waals surface area (Å²) in [6.07, 6.45) is 1.11. The molecule has 0 saturated carbocycles. The van der Waals surface area contributed by atoms with Crippen LogP contribution in [-0.4, -0.2) is 18.8 Å². The standard InChI is InChI=1S/C3H4BNO.Y/c1-3(2-4)5-6;/h2,6H,1H2;/q-2;. The van der Waals surface area contributed by atoms with Crippen LogP contribution in [0.15, 0.2) is 5.16 Å². The minimum atomic E-state index is 0. The van der Waals surface area contributed by atoms with Gasteiger partial charge in [0, 0.05) is 32.7 Å². The van der Waals surface area contributed by atoms with E-state index in [-0.39, 0.29) is 38.4 Å². The molecule has 0 amide bonds. The predicted octanol–water partition coefficient (Wildman–Crippen LogP) is -0.0215. The Balaban J connectivity index is 0. The summed E-state index contributed by atoms with van der Waals surface area (Å²) in [5.74, 6) is 0. The molecule has 0 aliphatic rings. The van der Waals surface area contributed by atoms with Crippen LogP contribution >= 0.6 is 0 Å². The van der Waals surface area contributed by atoms with Crippen LogP contribution in [0.2, 0.25) is 0 Å². The van der Waals surface area contributed by atoms with Gasteiger partial charge in [0.15, 0.2) is 0 Å². The second-order valence-electron chi connectivity index (χ2n) is 0.758. The monoisotopic (exact) mass is 170 g/mol. The molecule has 2 nitrogen and oxygen atoms in total. The Morgan fingerprint density at radius 3 is 2.29 bits per heavy atom. The molecule has 0 aromatic heterocycles. The van der Waals surface area contributed by atoms with Gasteiger partial charge in [-0.1, -0.05) is 0 Å². The minimum Gasteiger partial charge on any atom is -0.415 e. The van der Waals surface area contributed by atoms with E-state index in [1.807, 2.05) is 0 Å². The number of nitrogens with zero attached hydrogens (tertiary/aromatic N) is 1. The topological polar surface area (TPSA) is 32.6 Å². The Hall–Kier alpha value is 0.379. The predicted molar refractivity (Wildman–Crippen MR) is 24.6 cm³/mol. The van der Waals surface area contributed by atoms with Crippen LogP contribution in [0.5, 0.6) is 0 Å². The third kappa shape index (κ3) is 6.38. The Morgan fingerprint density at radius 1 is 1.86 bits per heavy atom.